The van der Waals surface area contributed by atoms with E-state index in [-0.39, 0.29) is 11.3 Å². The number of aromatic nitrogens is 1. The summed E-state index contributed by atoms with van der Waals surface area (Å²) in [6, 6.07) is 15.5. The number of carbonyl (C=O) groups excluding carboxylic acids is 1. The predicted molar refractivity (Wildman–Crippen MR) is 101 cm³/mol. The minimum absolute atomic E-state index is 0.0839. The fraction of sp³-hybridized carbons (Fsp3) is 0.286. The van der Waals surface area contributed by atoms with Crippen LogP contribution in [0.3, 0.4) is 0 Å². The van der Waals surface area contributed by atoms with Crippen molar-refractivity contribution in [2.45, 2.75) is 18.3 Å². The summed E-state index contributed by atoms with van der Waals surface area (Å²) < 4.78 is 10.8. The second kappa shape index (κ2) is 6.75. The van der Waals surface area contributed by atoms with Crippen molar-refractivity contribution < 1.29 is 14.3 Å². The lowest BCUT2D eigenvalue weighted by atomic mass is 9.94. The number of hydrogen-bond acceptors (Lipinski definition) is 3. The van der Waals surface area contributed by atoms with E-state index in [1.807, 2.05) is 48.7 Å². The first-order valence-electron chi connectivity index (χ1n) is 8.85. The summed E-state index contributed by atoms with van der Waals surface area (Å²) in [7, 11) is 1.63. The number of amides is 1. The number of aromatic amines is 1. The molecule has 1 aromatic heterocycles. The molecule has 0 radical (unpaired) electrons. The number of rotatable bonds is 7. The van der Waals surface area contributed by atoms with Gasteiger partial charge < -0.3 is 19.8 Å². The van der Waals surface area contributed by atoms with Gasteiger partial charge in [-0.15, -0.1) is 0 Å². The molecule has 0 bridgehead atoms. The van der Waals surface area contributed by atoms with Gasteiger partial charge in [0.1, 0.15) is 18.1 Å². The van der Waals surface area contributed by atoms with Crippen molar-refractivity contribution in [2.75, 3.05) is 20.3 Å². The number of nitrogens with one attached hydrogen (secondary N) is 2. The lowest BCUT2D eigenvalue weighted by molar-refractivity contribution is -0.123. The molecule has 0 unspecified atom stereocenters. The van der Waals surface area contributed by atoms with E-state index in [1.54, 1.807) is 7.11 Å². The number of hydrogen-bond donors (Lipinski definition) is 2. The van der Waals surface area contributed by atoms with Gasteiger partial charge in [0, 0.05) is 17.1 Å². The fourth-order valence-corrected chi connectivity index (χ4v) is 3.39. The highest BCUT2D eigenvalue weighted by molar-refractivity contribution is 5.97. The largest absolute Gasteiger partial charge is 0.497 e. The Hall–Kier alpha value is -2.95. The number of ether oxygens (including phenoxy) is 2. The van der Waals surface area contributed by atoms with Crippen LogP contribution in [-0.4, -0.2) is 31.2 Å². The summed E-state index contributed by atoms with van der Waals surface area (Å²) in [5.41, 5.74) is 1.78. The van der Waals surface area contributed by atoms with Crippen LogP contribution in [0.2, 0.25) is 0 Å². The highest BCUT2D eigenvalue weighted by Crippen LogP contribution is 2.50. The van der Waals surface area contributed by atoms with E-state index in [9.17, 15) is 4.79 Å². The minimum atomic E-state index is -0.389. The number of H-pyrrole nitrogens is 1. The molecule has 134 valence electrons. The summed E-state index contributed by atoms with van der Waals surface area (Å²) >= 11 is 0. The van der Waals surface area contributed by atoms with Gasteiger partial charge in [-0.2, -0.15) is 0 Å². The Labute approximate surface area is 152 Å². The maximum Gasteiger partial charge on any atom is 0.230 e. The summed E-state index contributed by atoms with van der Waals surface area (Å²) in [5.74, 6) is 1.64. The number of benzene rings is 2. The quantitative estimate of drug-likeness (QED) is 0.642. The molecule has 3 aromatic rings. The van der Waals surface area contributed by atoms with Crippen LogP contribution in [0.1, 0.15) is 18.4 Å². The molecule has 1 fully saturated rings. The molecule has 5 heteroatoms. The highest BCUT2D eigenvalue weighted by atomic mass is 16.5. The van der Waals surface area contributed by atoms with Gasteiger partial charge in [0.15, 0.2) is 0 Å². The molecule has 0 atom stereocenters. The molecule has 5 nitrogen and oxygen atoms in total. The topological polar surface area (TPSA) is 63.4 Å². The maximum atomic E-state index is 12.8. The van der Waals surface area contributed by atoms with Gasteiger partial charge in [-0.25, -0.2) is 0 Å². The van der Waals surface area contributed by atoms with E-state index in [2.05, 4.69) is 16.4 Å². The van der Waals surface area contributed by atoms with Crippen LogP contribution in [0.25, 0.3) is 10.9 Å². The van der Waals surface area contributed by atoms with Gasteiger partial charge in [0.25, 0.3) is 0 Å². The van der Waals surface area contributed by atoms with Gasteiger partial charge in [0.05, 0.1) is 19.1 Å². The first-order chi connectivity index (χ1) is 12.7. The van der Waals surface area contributed by atoms with Gasteiger partial charge in [-0.1, -0.05) is 18.2 Å². The normalized spacial score (nSPS) is 14.8. The molecular weight excluding hydrogens is 328 g/mol. The number of carbonyl (C=O) groups is 1. The Morgan fingerprint density at radius 3 is 2.58 bits per heavy atom. The van der Waals surface area contributed by atoms with Crippen LogP contribution in [0, 0.1) is 0 Å². The van der Waals surface area contributed by atoms with E-state index < -0.39 is 0 Å². The SMILES string of the molecule is COc1ccc(OCCNC(=O)C2(c3c[nH]c4ccccc34)CC2)cc1. The van der Waals surface area contributed by atoms with Crippen LogP contribution >= 0.6 is 0 Å². The second-order valence-electron chi connectivity index (χ2n) is 6.61. The lowest BCUT2D eigenvalue weighted by Crippen LogP contribution is -2.37. The van der Waals surface area contributed by atoms with Crippen molar-refractivity contribution in [3.63, 3.8) is 0 Å². The fourth-order valence-electron chi connectivity index (χ4n) is 3.39. The molecule has 1 aliphatic rings. The molecule has 1 amide bonds. The second-order valence-corrected chi connectivity index (χ2v) is 6.61. The zero-order valence-electron chi connectivity index (χ0n) is 14.7. The van der Waals surface area contributed by atoms with E-state index >= 15 is 0 Å². The molecule has 4 rings (SSSR count). The van der Waals surface area contributed by atoms with Crippen molar-refractivity contribution >= 4 is 16.8 Å². The molecule has 26 heavy (non-hydrogen) atoms. The molecule has 0 spiro atoms. The van der Waals surface area contributed by atoms with Crippen molar-refractivity contribution in [2.24, 2.45) is 0 Å². The third-order valence-electron chi connectivity index (χ3n) is 5.01. The summed E-state index contributed by atoms with van der Waals surface area (Å²) in [6.07, 6.45) is 3.76. The third-order valence-corrected chi connectivity index (χ3v) is 5.01. The summed E-state index contributed by atoms with van der Waals surface area (Å²) in [4.78, 5) is 16.0. The first-order valence-corrected chi connectivity index (χ1v) is 8.85. The number of methoxy groups -OCH3 is 1. The predicted octanol–water partition coefficient (Wildman–Crippen LogP) is 3.40. The van der Waals surface area contributed by atoms with Gasteiger partial charge in [-0.3, -0.25) is 4.79 Å². The Balaban J connectivity index is 1.34. The minimum Gasteiger partial charge on any atom is -0.497 e. The Morgan fingerprint density at radius 2 is 1.85 bits per heavy atom. The van der Waals surface area contributed by atoms with E-state index in [0.717, 1.165) is 40.8 Å². The molecule has 0 aliphatic heterocycles. The van der Waals surface area contributed by atoms with Gasteiger partial charge in [0.2, 0.25) is 5.91 Å². The standard InChI is InChI=1S/C21H22N2O3/c1-25-15-6-8-16(9-7-15)26-13-12-22-20(24)21(10-11-21)18-14-23-19-5-3-2-4-17(18)19/h2-9,14,23H,10-13H2,1H3,(H,22,24). The van der Waals surface area contributed by atoms with Gasteiger partial charge in [-0.05, 0) is 48.7 Å². The third kappa shape index (κ3) is 3.01. The maximum absolute atomic E-state index is 12.8. The summed E-state index contributed by atoms with van der Waals surface area (Å²) in [6.45, 7) is 0.914. The number of fused-ring (bicyclic) bond motifs is 1. The van der Waals surface area contributed by atoms with E-state index in [1.165, 1.54) is 0 Å². The molecule has 1 heterocycles. The zero-order chi connectivity index (χ0) is 18.0. The first kappa shape index (κ1) is 16.5. The highest BCUT2D eigenvalue weighted by Gasteiger charge is 2.52. The Bertz CT molecular complexity index is 910. The zero-order valence-corrected chi connectivity index (χ0v) is 14.7. The molecule has 2 aromatic carbocycles. The summed E-state index contributed by atoms with van der Waals surface area (Å²) in [5, 5.41) is 4.16. The van der Waals surface area contributed by atoms with E-state index in [4.69, 9.17) is 9.47 Å². The van der Waals surface area contributed by atoms with E-state index in [0.29, 0.717) is 13.2 Å². The van der Waals surface area contributed by atoms with Crippen LogP contribution in [0.5, 0.6) is 11.5 Å². The molecule has 2 N–H and O–H groups in total. The van der Waals surface area contributed by atoms with Crippen LogP contribution in [0.4, 0.5) is 0 Å². The van der Waals surface area contributed by atoms with Crippen molar-refractivity contribution in [1.82, 2.24) is 10.3 Å². The van der Waals surface area contributed by atoms with Crippen molar-refractivity contribution in [3.05, 3.63) is 60.3 Å². The van der Waals surface area contributed by atoms with Crippen molar-refractivity contribution in [1.29, 1.82) is 0 Å². The smallest absolute Gasteiger partial charge is 0.230 e. The van der Waals surface area contributed by atoms with Gasteiger partial charge >= 0.3 is 0 Å². The number of para-hydroxylation sites is 1. The monoisotopic (exact) mass is 350 g/mol. The molecule has 0 saturated heterocycles. The van der Waals surface area contributed by atoms with Crippen molar-refractivity contribution in [3.8, 4) is 11.5 Å². The lowest BCUT2D eigenvalue weighted by Gasteiger charge is -2.15. The molecule has 1 aliphatic carbocycles. The average Bonchev–Trinajstić information content (AvgIpc) is 3.38. The van der Waals surface area contributed by atoms with Crippen LogP contribution in [-0.2, 0) is 10.2 Å². The van der Waals surface area contributed by atoms with Crippen LogP contribution < -0.4 is 14.8 Å². The average molecular weight is 350 g/mol. The van der Waals surface area contributed by atoms with Crippen LogP contribution in [0.15, 0.2) is 54.7 Å². The molecular formula is C21H22N2O3. The Kier molecular flexibility index (Phi) is 4.29. The molecule has 1 saturated carbocycles. The Morgan fingerprint density at radius 1 is 1.12 bits per heavy atom.